The maximum atomic E-state index is 6.31. The summed E-state index contributed by atoms with van der Waals surface area (Å²) < 4.78 is 8.69. The Morgan fingerprint density at radius 2 is 2.25 bits per heavy atom. The number of thiophene rings is 2. The minimum Gasteiger partial charge on any atom is -0.364 e. The second-order valence-electron chi connectivity index (χ2n) is 6.67. The molecule has 0 aliphatic carbocycles. The van der Waals surface area contributed by atoms with Gasteiger partial charge < -0.3 is 9.30 Å². The predicted octanol–water partition coefficient (Wildman–Crippen LogP) is 3.85. The molecule has 0 aromatic carbocycles. The maximum Gasteiger partial charge on any atom is 0.135 e. The molecule has 2 aliphatic heterocycles. The standard InChI is InChI=1S/C18H19N3OS2/c1-2-15(24-6-1)9-20-5-4-18(12-20)13-21-16(14-3-7-23-11-14)8-19-17(21)10-22-18/h1-3,6-8,11H,4-5,9-10,12-13H2/t18-/m0/s1. The molecule has 1 atom stereocenters. The minimum atomic E-state index is -0.0598. The average molecular weight is 358 g/mol. The molecule has 6 heteroatoms. The Bertz CT molecular complexity index is 825. The lowest BCUT2D eigenvalue weighted by Crippen LogP contribution is -2.44. The molecular formula is C18H19N3OS2. The van der Waals surface area contributed by atoms with Crippen LogP contribution in [0.5, 0.6) is 0 Å². The quantitative estimate of drug-likeness (QED) is 0.713. The van der Waals surface area contributed by atoms with Crippen LogP contribution >= 0.6 is 22.7 Å². The fourth-order valence-corrected chi connectivity index (χ4v) is 5.23. The summed E-state index contributed by atoms with van der Waals surface area (Å²) >= 11 is 3.57. The van der Waals surface area contributed by atoms with E-state index in [-0.39, 0.29) is 5.60 Å². The summed E-state index contributed by atoms with van der Waals surface area (Å²) in [6.45, 7) is 4.68. The van der Waals surface area contributed by atoms with Gasteiger partial charge in [0.15, 0.2) is 0 Å². The van der Waals surface area contributed by atoms with Crippen molar-refractivity contribution in [1.82, 2.24) is 14.5 Å². The number of hydrogen-bond acceptors (Lipinski definition) is 5. The molecule has 0 amide bonds. The van der Waals surface area contributed by atoms with Crippen molar-refractivity contribution >= 4 is 22.7 Å². The molecule has 1 fully saturated rings. The highest BCUT2D eigenvalue weighted by Crippen LogP contribution is 2.36. The molecule has 5 rings (SSSR count). The Hall–Kier alpha value is -1.47. The highest BCUT2D eigenvalue weighted by atomic mass is 32.1. The van der Waals surface area contributed by atoms with Crippen LogP contribution in [0.2, 0.25) is 0 Å². The lowest BCUT2D eigenvalue weighted by atomic mass is 10.0. The fourth-order valence-electron chi connectivity index (χ4n) is 3.83. The van der Waals surface area contributed by atoms with Gasteiger partial charge in [0.05, 0.1) is 18.4 Å². The zero-order valence-corrected chi connectivity index (χ0v) is 15.0. The van der Waals surface area contributed by atoms with Crippen molar-refractivity contribution < 1.29 is 4.74 Å². The molecular weight excluding hydrogens is 338 g/mol. The second-order valence-corrected chi connectivity index (χ2v) is 8.48. The first-order chi connectivity index (χ1) is 11.8. The first-order valence-corrected chi connectivity index (χ1v) is 10.1. The van der Waals surface area contributed by atoms with Crippen LogP contribution in [0.1, 0.15) is 17.1 Å². The van der Waals surface area contributed by atoms with Crippen LogP contribution in [0.15, 0.2) is 40.5 Å². The third-order valence-corrected chi connectivity index (χ3v) is 6.61. The van der Waals surface area contributed by atoms with Gasteiger partial charge in [-0.05, 0) is 29.3 Å². The monoisotopic (exact) mass is 357 g/mol. The average Bonchev–Trinajstić information content (AvgIpc) is 3.35. The molecule has 0 radical (unpaired) electrons. The van der Waals surface area contributed by atoms with E-state index >= 15 is 0 Å². The van der Waals surface area contributed by atoms with E-state index in [0.717, 1.165) is 38.4 Å². The molecule has 1 saturated heterocycles. The van der Waals surface area contributed by atoms with Gasteiger partial charge in [-0.2, -0.15) is 11.3 Å². The van der Waals surface area contributed by atoms with Gasteiger partial charge in [-0.15, -0.1) is 11.3 Å². The van der Waals surface area contributed by atoms with Crippen molar-refractivity contribution in [2.75, 3.05) is 13.1 Å². The normalized spacial score (nSPS) is 23.8. The Labute approximate surface area is 149 Å². The van der Waals surface area contributed by atoms with Gasteiger partial charge in [0, 0.05) is 35.5 Å². The van der Waals surface area contributed by atoms with E-state index in [1.807, 2.05) is 17.5 Å². The fraction of sp³-hybridized carbons (Fsp3) is 0.389. The van der Waals surface area contributed by atoms with Crippen LogP contribution in [-0.2, 0) is 24.4 Å². The topological polar surface area (TPSA) is 30.3 Å². The van der Waals surface area contributed by atoms with Crippen LogP contribution in [0, 0.1) is 0 Å². The van der Waals surface area contributed by atoms with Gasteiger partial charge in [0.25, 0.3) is 0 Å². The van der Waals surface area contributed by atoms with Gasteiger partial charge in [-0.3, -0.25) is 4.90 Å². The van der Waals surface area contributed by atoms with E-state index in [4.69, 9.17) is 4.74 Å². The summed E-state index contributed by atoms with van der Waals surface area (Å²) in [5.41, 5.74) is 2.44. The molecule has 3 aromatic rings. The summed E-state index contributed by atoms with van der Waals surface area (Å²) in [6, 6.07) is 6.53. The number of aromatic nitrogens is 2. The zero-order chi connectivity index (χ0) is 16.0. The highest BCUT2D eigenvalue weighted by molar-refractivity contribution is 7.09. The summed E-state index contributed by atoms with van der Waals surface area (Å²) in [5, 5.41) is 6.48. The summed E-state index contributed by atoms with van der Waals surface area (Å²) in [6.07, 6.45) is 3.09. The maximum absolute atomic E-state index is 6.31. The molecule has 5 heterocycles. The smallest absolute Gasteiger partial charge is 0.135 e. The van der Waals surface area contributed by atoms with Gasteiger partial charge >= 0.3 is 0 Å². The highest BCUT2D eigenvalue weighted by Gasteiger charge is 2.43. The van der Waals surface area contributed by atoms with Crippen molar-refractivity contribution in [3.05, 3.63) is 51.2 Å². The van der Waals surface area contributed by atoms with Crippen LogP contribution in [0.25, 0.3) is 11.3 Å². The van der Waals surface area contributed by atoms with E-state index < -0.39 is 0 Å². The van der Waals surface area contributed by atoms with Crippen molar-refractivity contribution in [1.29, 1.82) is 0 Å². The van der Waals surface area contributed by atoms with E-state index in [1.165, 1.54) is 16.1 Å². The SMILES string of the molecule is c1csc(CN2CC[C@]3(C2)Cn2c(-c4ccsc4)cnc2CO3)c1. The number of likely N-dealkylation sites (tertiary alicyclic amines) is 1. The van der Waals surface area contributed by atoms with E-state index in [1.54, 1.807) is 11.3 Å². The van der Waals surface area contributed by atoms with Crippen molar-refractivity contribution in [3.8, 4) is 11.3 Å². The van der Waals surface area contributed by atoms with Gasteiger partial charge in [0.1, 0.15) is 18.0 Å². The Morgan fingerprint density at radius 3 is 3.08 bits per heavy atom. The zero-order valence-electron chi connectivity index (χ0n) is 13.4. The predicted molar refractivity (Wildman–Crippen MR) is 97.3 cm³/mol. The number of fused-ring (bicyclic) bond motifs is 1. The van der Waals surface area contributed by atoms with E-state index in [0.29, 0.717) is 6.61 Å². The molecule has 3 aromatic heterocycles. The van der Waals surface area contributed by atoms with Crippen molar-refractivity contribution in [2.45, 2.75) is 31.7 Å². The van der Waals surface area contributed by atoms with E-state index in [9.17, 15) is 0 Å². The van der Waals surface area contributed by atoms with Crippen LogP contribution in [0.4, 0.5) is 0 Å². The van der Waals surface area contributed by atoms with Gasteiger partial charge in [-0.1, -0.05) is 6.07 Å². The summed E-state index contributed by atoms with van der Waals surface area (Å²) in [4.78, 5) is 8.54. The van der Waals surface area contributed by atoms with Crippen LogP contribution in [-0.4, -0.2) is 33.1 Å². The van der Waals surface area contributed by atoms with Gasteiger partial charge in [-0.25, -0.2) is 4.98 Å². The van der Waals surface area contributed by atoms with Crippen molar-refractivity contribution in [3.63, 3.8) is 0 Å². The molecule has 4 nitrogen and oxygen atoms in total. The molecule has 24 heavy (non-hydrogen) atoms. The Kier molecular flexibility index (Phi) is 3.59. The first kappa shape index (κ1) is 14.8. The molecule has 0 unspecified atom stereocenters. The van der Waals surface area contributed by atoms with Crippen LogP contribution < -0.4 is 0 Å². The third kappa shape index (κ3) is 2.54. The number of ether oxygens (including phenoxy) is 1. The third-order valence-electron chi connectivity index (χ3n) is 5.06. The first-order valence-electron chi connectivity index (χ1n) is 8.27. The molecule has 1 spiro atoms. The second kappa shape index (κ2) is 5.81. The molecule has 0 saturated carbocycles. The van der Waals surface area contributed by atoms with Crippen molar-refractivity contribution in [2.24, 2.45) is 0 Å². The largest absolute Gasteiger partial charge is 0.364 e. The lowest BCUT2D eigenvalue weighted by molar-refractivity contribution is -0.0821. The minimum absolute atomic E-state index is 0.0598. The number of imidazole rings is 1. The summed E-state index contributed by atoms with van der Waals surface area (Å²) in [5.74, 6) is 1.05. The molecule has 0 bridgehead atoms. The molecule has 2 aliphatic rings. The molecule has 124 valence electrons. The summed E-state index contributed by atoms with van der Waals surface area (Å²) in [7, 11) is 0. The number of hydrogen-bond donors (Lipinski definition) is 0. The Morgan fingerprint density at radius 1 is 1.25 bits per heavy atom. The lowest BCUT2D eigenvalue weighted by Gasteiger charge is -2.35. The van der Waals surface area contributed by atoms with Gasteiger partial charge in [0.2, 0.25) is 0 Å². The number of nitrogens with zero attached hydrogens (tertiary/aromatic N) is 3. The molecule has 0 N–H and O–H groups in total. The Balaban J connectivity index is 1.38. The number of rotatable bonds is 3. The van der Waals surface area contributed by atoms with Crippen LogP contribution in [0.3, 0.4) is 0 Å². The van der Waals surface area contributed by atoms with E-state index in [2.05, 4.69) is 48.8 Å².